The lowest BCUT2D eigenvalue weighted by atomic mass is 10.1. The van der Waals surface area contributed by atoms with Crippen molar-refractivity contribution in [1.82, 2.24) is 0 Å². The summed E-state index contributed by atoms with van der Waals surface area (Å²) in [5.41, 5.74) is 5.65. The van der Waals surface area contributed by atoms with Crippen LogP contribution in [-0.4, -0.2) is 5.78 Å². The number of halogens is 1. The molecule has 0 amide bonds. The minimum atomic E-state index is -0.00167. The van der Waals surface area contributed by atoms with Gasteiger partial charge >= 0.3 is 0 Å². The van der Waals surface area contributed by atoms with Crippen LogP contribution in [0.4, 0.5) is 0 Å². The number of carbonyl (C=O) groups is 1. The van der Waals surface area contributed by atoms with Crippen molar-refractivity contribution in [3.8, 4) is 0 Å². The molecule has 0 aliphatic heterocycles. The lowest BCUT2D eigenvalue weighted by Crippen LogP contribution is -2.12. The van der Waals surface area contributed by atoms with Crippen LogP contribution in [0.25, 0.3) is 0 Å². The number of hydrogen-bond donors (Lipinski definition) is 1. The van der Waals surface area contributed by atoms with E-state index in [1.165, 1.54) is 0 Å². The SMILES string of the molecule is NC1=CC(Br)=CCC1=O. The normalized spacial score (nSPS) is 19.0. The molecule has 0 radical (unpaired) electrons. The summed E-state index contributed by atoms with van der Waals surface area (Å²) in [5, 5.41) is 0. The molecule has 0 saturated heterocycles. The van der Waals surface area contributed by atoms with Crippen LogP contribution in [0.1, 0.15) is 6.42 Å². The van der Waals surface area contributed by atoms with Gasteiger partial charge < -0.3 is 5.73 Å². The molecule has 0 fully saturated rings. The van der Waals surface area contributed by atoms with Crippen LogP contribution in [0.5, 0.6) is 0 Å². The Hall–Kier alpha value is -0.570. The molecule has 2 nitrogen and oxygen atoms in total. The predicted octanol–water partition coefficient (Wildman–Crippen LogP) is 1.08. The minimum Gasteiger partial charge on any atom is -0.396 e. The third kappa shape index (κ3) is 1.42. The van der Waals surface area contributed by atoms with Crippen molar-refractivity contribution >= 4 is 21.7 Å². The summed E-state index contributed by atoms with van der Waals surface area (Å²) < 4.78 is 0.889. The van der Waals surface area contributed by atoms with E-state index in [0.29, 0.717) is 12.1 Å². The summed E-state index contributed by atoms with van der Waals surface area (Å²) in [7, 11) is 0. The second-order valence-corrected chi connectivity index (χ2v) is 2.73. The maximum absolute atomic E-state index is 10.7. The molecule has 0 unspecified atom stereocenters. The van der Waals surface area contributed by atoms with Gasteiger partial charge in [0, 0.05) is 10.9 Å². The van der Waals surface area contributed by atoms with Gasteiger partial charge in [-0.15, -0.1) is 0 Å². The highest BCUT2D eigenvalue weighted by atomic mass is 79.9. The highest BCUT2D eigenvalue weighted by molar-refractivity contribution is 9.11. The quantitative estimate of drug-likeness (QED) is 0.618. The molecule has 0 atom stereocenters. The summed E-state index contributed by atoms with van der Waals surface area (Å²) in [4.78, 5) is 10.7. The summed E-state index contributed by atoms with van der Waals surface area (Å²) in [6.45, 7) is 0. The van der Waals surface area contributed by atoms with Gasteiger partial charge in [-0.1, -0.05) is 22.0 Å². The molecule has 0 bridgehead atoms. The second kappa shape index (κ2) is 2.35. The van der Waals surface area contributed by atoms with E-state index < -0.39 is 0 Å². The molecule has 2 N–H and O–H groups in total. The molecule has 48 valence electrons. The van der Waals surface area contributed by atoms with Crippen LogP contribution in [0.2, 0.25) is 0 Å². The van der Waals surface area contributed by atoms with Crippen LogP contribution < -0.4 is 5.73 Å². The average Bonchev–Trinajstić information content (AvgIpc) is 1.80. The van der Waals surface area contributed by atoms with Crippen molar-refractivity contribution in [2.75, 3.05) is 0 Å². The van der Waals surface area contributed by atoms with E-state index in [0.717, 1.165) is 4.48 Å². The number of Topliss-reactive ketones (excluding diaryl/α,β-unsaturated/α-hetero) is 1. The standard InChI is InChI=1S/C6H6BrNO/c7-4-1-2-6(9)5(8)3-4/h1,3H,2,8H2. The topological polar surface area (TPSA) is 43.1 Å². The Kier molecular flexibility index (Phi) is 1.71. The first-order chi connectivity index (χ1) is 4.20. The molecule has 0 aromatic heterocycles. The average molecular weight is 188 g/mol. The number of carbonyl (C=O) groups excluding carboxylic acids is 1. The van der Waals surface area contributed by atoms with Crippen molar-refractivity contribution in [2.45, 2.75) is 6.42 Å². The van der Waals surface area contributed by atoms with Crippen molar-refractivity contribution in [3.63, 3.8) is 0 Å². The van der Waals surface area contributed by atoms with Gasteiger partial charge in [-0.25, -0.2) is 0 Å². The Morgan fingerprint density at radius 3 is 2.78 bits per heavy atom. The maximum Gasteiger partial charge on any atom is 0.182 e. The van der Waals surface area contributed by atoms with Crippen LogP contribution in [-0.2, 0) is 4.79 Å². The fourth-order valence-electron chi connectivity index (χ4n) is 0.596. The fraction of sp³-hybridized carbons (Fsp3) is 0.167. The van der Waals surface area contributed by atoms with Crippen molar-refractivity contribution in [3.05, 3.63) is 22.3 Å². The lowest BCUT2D eigenvalue weighted by Gasteiger charge is -2.02. The minimum absolute atomic E-state index is 0.00167. The maximum atomic E-state index is 10.7. The first-order valence-corrected chi connectivity index (χ1v) is 3.35. The molecule has 1 aliphatic carbocycles. The predicted molar refractivity (Wildman–Crippen MR) is 38.9 cm³/mol. The molecule has 0 saturated carbocycles. The van der Waals surface area contributed by atoms with E-state index in [1.807, 2.05) is 0 Å². The van der Waals surface area contributed by atoms with Crippen LogP contribution in [0.3, 0.4) is 0 Å². The van der Waals surface area contributed by atoms with E-state index >= 15 is 0 Å². The van der Waals surface area contributed by atoms with Crippen LogP contribution >= 0.6 is 15.9 Å². The highest BCUT2D eigenvalue weighted by Crippen LogP contribution is 2.15. The van der Waals surface area contributed by atoms with Crippen LogP contribution in [0.15, 0.2) is 22.3 Å². The van der Waals surface area contributed by atoms with Crippen molar-refractivity contribution < 1.29 is 4.79 Å². The van der Waals surface area contributed by atoms with E-state index in [-0.39, 0.29) is 5.78 Å². The van der Waals surface area contributed by atoms with E-state index in [9.17, 15) is 4.79 Å². The number of hydrogen-bond acceptors (Lipinski definition) is 2. The van der Waals surface area contributed by atoms with Gasteiger partial charge in [-0.3, -0.25) is 4.79 Å². The molecule has 0 aromatic rings. The van der Waals surface area contributed by atoms with E-state index in [1.54, 1.807) is 12.2 Å². The third-order valence-electron chi connectivity index (χ3n) is 1.10. The molecule has 9 heavy (non-hydrogen) atoms. The van der Waals surface area contributed by atoms with Crippen molar-refractivity contribution in [1.29, 1.82) is 0 Å². The monoisotopic (exact) mass is 187 g/mol. The smallest absolute Gasteiger partial charge is 0.182 e. The Morgan fingerprint density at radius 2 is 2.33 bits per heavy atom. The molecule has 1 aliphatic rings. The largest absolute Gasteiger partial charge is 0.396 e. The van der Waals surface area contributed by atoms with E-state index in [4.69, 9.17) is 5.73 Å². The Bertz CT molecular complexity index is 205. The first kappa shape index (κ1) is 6.55. The zero-order valence-electron chi connectivity index (χ0n) is 4.73. The highest BCUT2D eigenvalue weighted by Gasteiger charge is 2.07. The van der Waals surface area contributed by atoms with Crippen LogP contribution in [0, 0.1) is 0 Å². The lowest BCUT2D eigenvalue weighted by molar-refractivity contribution is -0.114. The first-order valence-electron chi connectivity index (χ1n) is 2.56. The van der Waals surface area contributed by atoms with Gasteiger partial charge in [0.1, 0.15) is 0 Å². The number of nitrogens with two attached hydrogens (primary N) is 1. The zero-order valence-corrected chi connectivity index (χ0v) is 6.31. The molecule has 3 heteroatoms. The Labute approximate surface area is 61.5 Å². The fourth-order valence-corrected chi connectivity index (χ4v) is 1.00. The van der Waals surface area contributed by atoms with Gasteiger partial charge in [0.25, 0.3) is 0 Å². The molecule has 0 spiro atoms. The molecular weight excluding hydrogens is 182 g/mol. The van der Waals surface area contributed by atoms with Gasteiger partial charge in [0.05, 0.1) is 5.70 Å². The second-order valence-electron chi connectivity index (χ2n) is 1.82. The number of ketones is 1. The number of allylic oxidation sites excluding steroid dienone is 4. The zero-order chi connectivity index (χ0) is 6.85. The summed E-state index contributed by atoms with van der Waals surface area (Å²) in [6, 6.07) is 0. The summed E-state index contributed by atoms with van der Waals surface area (Å²) in [5.74, 6) is -0.00167. The molecular formula is C6H6BrNO. The Morgan fingerprint density at radius 1 is 1.67 bits per heavy atom. The van der Waals surface area contributed by atoms with Crippen molar-refractivity contribution in [2.24, 2.45) is 5.73 Å². The van der Waals surface area contributed by atoms with Gasteiger partial charge in [0.2, 0.25) is 0 Å². The number of rotatable bonds is 0. The van der Waals surface area contributed by atoms with E-state index in [2.05, 4.69) is 15.9 Å². The van der Waals surface area contributed by atoms with Gasteiger partial charge in [-0.05, 0) is 6.08 Å². The Balaban J connectivity index is 2.87. The summed E-state index contributed by atoms with van der Waals surface area (Å²) >= 11 is 3.21. The van der Waals surface area contributed by atoms with Gasteiger partial charge in [0.15, 0.2) is 5.78 Å². The summed E-state index contributed by atoms with van der Waals surface area (Å²) in [6.07, 6.45) is 3.83. The van der Waals surface area contributed by atoms with Gasteiger partial charge in [-0.2, -0.15) is 0 Å². The molecule has 0 aromatic carbocycles. The molecule has 1 rings (SSSR count). The third-order valence-corrected chi connectivity index (χ3v) is 1.65. The molecule has 0 heterocycles.